The molecule has 0 bridgehead atoms. The minimum absolute atomic E-state index is 0.149. The molecule has 1 aromatic heterocycles. The van der Waals surface area contributed by atoms with Crippen molar-refractivity contribution in [3.05, 3.63) is 15.8 Å². The third-order valence-electron chi connectivity index (χ3n) is 3.42. The van der Waals surface area contributed by atoms with Crippen LogP contribution in [0.25, 0.3) is 0 Å². The summed E-state index contributed by atoms with van der Waals surface area (Å²) < 4.78 is 1.62. The first kappa shape index (κ1) is 12.8. The Morgan fingerprint density at radius 2 is 2.11 bits per heavy atom. The molecule has 1 fully saturated rings. The van der Waals surface area contributed by atoms with Crippen molar-refractivity contribution in [2.24, 2.45) is 12.8 Å². The number of nitrogens with zero attached hydrogens (tertiary/aromatic N) is 4. The fourth-order valence-corrected chi connectivity index (χ4v) is 2.45. The van der Waals surface area contributed by atoms with E-state index in [4.69, 9.17) is 5.73 Å². The highest BCUT2D eigenvalue weighted by Crippen LogP contribution is 2.33. The molecule has 2 N–H and O–H groups in total. The van der Waals surface area contributed by atoms with Gasteiger partial charge in [0, 0.05) is 26.2 Å². The van der Waals surface area contributed by atoms with Gasteiger partial charge in [0.2, 0.25) is 5.82 Å². The molecular formula is C11H19N5O2. The standard InChI is InChI=1S/C11H19N5O2/c1-3-9-10(16(17)18)11(14(2)13-9)15-6-4-8(12)5-7-15/h8H,3-7,12H2,1-2H3. The molecule has 0 radical (unpaired) electrons. The Hall–Kier alpha value is -1.63. The Labute approximate surface area is 106 Å². The quantitative estimate of drug-likeness (QED) is 0.636. The van der Waals surface area contributed by atoms with E-state index in [0.717, 1.165) is 25.9 Å². The van der Waals surface area contributed by atoms with Crippen LogP contribution in [0, 0.1) is 10.1 Å². The number of hydrogen-bond acceptors (Lipinski definition) is 5. The molecule has 7 nitrogen and oxygen atoms in total. The van der Waals surface area contributed by atoms with E-state index in [9.17, 15) is 10.1 Å². The monoisotopic (exact) mass is 253 g/mol. The third kappa shape index (κ3) is 2.17. The summed E-state index contributed by atoms with van der Waals surface area (Å²) in [7, 11) is 1.76. The van der Waals surface area contributed by atoms with E-state index in [2.05, 4.69) is 5.10 Å². The van der Waals surface area contributed by atoms with Crippen molar-refractivity contribution >= 4 is 11.5 Å². The topological polar surface area (TPSA) is 90.2 Å². The minimum Gasteiger partial charge on any atom is -0.351 e. The van der Waals surface area contributed by atoms with Crippen LogP contribution >= 0.6 is 0 Å². The summed E-state index contributed by atoms with van der Waals surface area (Å²) in [4.78, 5) is 12.9. The molecule has 18 heavy (non-hydrogen) atoms. The summed E-state index contributed by atoms with van der Waals surface area (Å²) >= 11 is 0. The van der Waals surface area contributed by atoms with Gasteiger partial charge >= 0.3 is 5.69 Å². The summed E-state index contributed by atoms with van der Waals surface area (Å²) in [5.74, 6) is 0.615. The van der Waals surface area contributed by atoms with Crippen molar-refractivity contribution in [3.63, 3.8) is 0 Å². The number of nitrogens with two attached hydrogens (primary N) is 1. The lowest BCUT2D eigenvalue weighted by Gasteiger charge is -2.30. The normalized spacial score (nSPS) is 17.2. The largest absolute Gasteiger partial charge is 0.351 e. The van der Waals surface area contributed by atoms with Gasteiger partial charge in [-0.1, -0.05) is 6.92 Å². The first-order chi connectivity index (χ1) is 8.54. The SMILES string of the molecule is CCc1nn(C)c(N2CCC(N)CC2)c1[N+](=O)[O-]. The summed E-state index contributed by atoms with van der Waals surface area (Å²) in [5, 5.41) is 15.5. The lowest BCUT2D eigenvalue weighted by molar-refractivity contribution is -0.384. The second-order valence-corrected chi connectivity index (χ2v) is 4.68. The van der Waals surface area contributed by atoms with Crippen molar-refractivity contribution in [3.8, 4) is 0 Å². The van der Waals surface area contributed by atoms with Crippen LogP contribution in [-0.2, 0) is 13.5 Å². The van der Waals surface area contributed by atoms with Crippen LogP contribution in [-0.4, -0.2) is 33.8 Å². The molecular weight excluding hydrogens is 234 g/mol. The molecule has 100 valence electrons. The van der Waals surface area contributed by atoms with Crippen LogP contribution in [0.4, 0.5) is 11.5 Å². The average Bonchev–Trinajstić information content (AvgIpc) is 2.67. The summed E-state index contributed by atoms with van der Waals surface area (Å²) in [6.45, 7) is 3.39. The molecule has 0 saturated carbocycles. The highest BCUT2D eigenvalue weighted by Gasteiger charge is 2.31. The number of piperidine rings is 1. The molecule has 2 rings (SSSR count). The zero-order valence-corrected chi connectivity index (χ0v) is 10.8. The van der Waals surface area contributed by atoms with Crippen molar-refractivity contribution < 1.29 is 4.92 Å². The van der Waals surface area contributed by atoms with Crippen LogP contribution in [0.5, 0.6) is 0 Å². The van der Waals surface area contributed by atoms with Crippen LogP contribution < -0.4 is 10.6 Å². The van der Waals surface area contributed by atoms with Gasteiger partial charge in [0.1, 0.15) is 5.69 Å². The Morgan fingerprint density at radius 3 is 2.61 bits per heavy atom. The lowest BCUT2D eigenvalue weighted by Crippen LogP contribution is -2.40. The van der Waals surface area contributed by atoms with Crippen LogP contribution in [0.15, 0.2) is 0 Å². The van der Waals surface area contributed by atoms with Gasteiger partial charge in [-0.3, -0.25) is 10.1 Å². The number of rotatable bonds is 3. The van der Waals surface area contributed by atoms with E-state index >= 15 is 0 Å². The molecule has 2 heterocycles. The smallest absolute Gasteiger partial charge is 0.334 e. The van der Waals surface area contributed by atoms with E-state index in [-0.39, 0.29) is 16.7 Å². The molecule has 1 aromatic rings. The van der Waals surface area contributed by atoms with E-state index in [0.29, 0.717) is 17.9 Å². The first-order valence-electron chi connectivity index (χ1n) is 6.25. The Bertz CT molecular complexity index is 449. The molecule has 0 aromatic carbocycles. The number of nitro groups is 1. The molecule has 0 atom stereocenters. The highest BCUT2D eigenvalue weighted by molar-refractivity contribution is 5.61. The molecule has 1 saturated heterocycles. The molecule has 7 heteroatoms. The van der Waals surface area contributed by atoms with Gasteiger partial charge in [-0.2, -0.15) is 5.10 Å². The molecule has 1 aliphatic rings. The average molecular weight is 253 g/mol. The second-order valence-electron chi connectivity index (χ2n) is 4.68. The maximum Gasteiger partial charge on any atom is 0.334 e. The molecule has 0 amide bonds. The Kier molecular flexibility index (Phi) is 3.51. The minimum atomic E-state index is -0.324. The van der Waals surface area contributed by atoms with Crippen molar-refractivity contribution in [1.29, 1.82) is 0 Å². The predicted molar refractivity (Wildman–Crippen MR) is 68.7 cm³/mol. The van der Waals surface area contributed by atoms with Gasteiger partial charge in [-0.05, 0) is 19.3 Å². The van der Waals surface area contributed by atoms with Gasteiger partial charge in [-0.25, -0.2) is 4.68 Å². The van der Waals surface area contributed by atoms with Gasteiger partial charge in [-0.15, -0.1) is 0 Å². The third-order valence-corrected chi connectivity index (χ3v) is 3.42. The van der Waals surface area contributed by atoms with E-state index in [1.165, 1.54) is 0 Å². The number of aryl methyl sites for hydroxylation is 2. The van der Waals surface area contributed by atoms with E-state index in [1.807, 2.05) is 11.8 Å². The fraction of sp³-hybridized carbons (Fsp3) is 0.727. The molecule has 0 spiro atoms. The lowest BCUT2D eigenvalue weighted by atomic mass is 10.1. The zero-order valence-electron chi connectivity index (χ0n) is 10.8. The van der Waals surface area contributed by atoms with Crippen LogP contribution in [0.3, 0.4) is 0 Å². The molecule has 1 aliphatic heterocycles. The highest BCUT2D eigenvalue weighted by atomic mass is 16.6. The summed E-state index contributed by atoms with van der Waals surface area (Å²) in [6.07, 6.45) is 2.30. The van der Waals surface area contributed by atoms with Gasteiger partial charge in [0.15, 0.2) is 0 Å². The van der Waals surface area contributed by atoms with Crippen molar-refractivity contribution in [1.82, 2.24) is 9.78 Å². The van der Waals surface area contributed by atoms with E-state index in [1.54, 1.807) is 11.7 Å². The van der Waals surface area contributed by atoms with Crippen LogP contribution in [0.2, 0.25) is 0 Å². The number of hydrogen-bond donors (Lipinski definition) is 1. The second kappa shape index (κ2) is 4.93. The predicted octanol–water partition coefficient (Wildman–Crippen LogP) is 0.818. The maximum absolute atomic E-state index is 11.2. The van der Waals surface area contributed by atoms with E-state index < -0.39 is 0 Å². The van der Waals surface area contributed by atoms with Crippen molar-refractivity contribution in [2.75, 3.05) is 18.0 Å². The maximum atomic E-state index is 11.2. The van der Waals surface area contributed by atoms with Crippen LogP contribution in [0.1, 0.15) is 25.5 Å². The summed E-state index contributed by atoms with van der Waals surface area (Å²) in [6, 6.07) is 0.208. The Morgan fingerprint density at radius 1 is 1.50 bits per heavy atom. The fourth-order valence-electron chi connectivity index (χ4n) is 2.45. The first-order valence-corrected chi connectivity index (χ1v) is 6.25. The van der Waals surface area contributed by atoms with Gasteiger partial charge in [0.05, 0.1) is 4.92 Å². The number of anilines is 1. The Balaban J connectivity index is 2.37. The van der Waals surface area contributed by atoms with Crippen molar-refractivity contribution in [2.45, 2.75) is 32.2 Å². The van der Waals surface area contributed by atoms with Gasteiger partial charge < -0.3 is 10.6 Å². The van der Waals surface area contributed by atoms with Gasteiger partial charge in [0.25, 0.3) is 0 Å². The summed E-state index contributed by atoms with van der Waals surface area (Å²) in [5.41, 5.74) is 6.56. The number of aromatic nitrogens is 2. The molecule has 0 aliphatic carbocycles. The molecule has 0 unspecified atom stereocenters. The zero-order chi connectivity index (χ0) is 13.3.